The minimum absolute atomic E-state index is 0.0350. The molecule has 0 saturated heterocycles. The first-order valence-corrected chi connectivity index (χ1v) is 18.9. The second-order valence-corrected chi connectivity index (χ2v) is 15.2. The normalized spacial score (nSPS) is 17.4. The zero-order valence-electron chi connectivity index (χ0n) is 28.4. The minimum atomic E-state index is -0.0946. The van der Waals surface area contributed by atoms with Crippen LogP contribution < -0.4 is 10.2 Å². The number of aryl methyl sites for hydroxylation is 2. The molecule has 2 aliphatic carbocycles. The largest absolute Gasteiger partial charge is 0.466 e. The number of thiophene rings is 2. The fourth-order valence-corrected chi connectivity index (χ4v) is 9.78. The molecule has 4 aromatic heterocycles. The topological polar surface area (TPSA) is 132 Å². The smallest absolute Gasteiger partial charge is 0.309 e. The van der Waals surface area contributed by atoms with Crippen LogP contribution in [0.15, 0.2) is 29.8 Å². The van der Waals surface area contributed by atoms with E-state index in [0.29, 0.717) is 24.8 Å². The number of nitrogens with one attached hydrogen (secondary N) is 1. The van der Waals surface area contributed by atoms with Gasteiger partial charge in [0, 0.05) is 30.1 Å². The van der Waals surface area contributed by atoms with E-state index in [4.69, 9.17) is 21.1 Å². The zero-order chi connectivity index (χ0) is 34.9. The van der Waals surface area contributed by atoms with Crippen molar-refractivity contribution >= 4 is 90.1 Å². The monoisotopic (exact) mass is 731 g/mol. The number of halogens is 1. The number of hydrogen-bond donors (Lipinski definition) is 1. The van der Waals surface area contributed by atoms with Crippen LogP contribution in [0.25, 0.3) is 20.4 Å². The Morgan fingerprint density at radius 2 is 1.48 bits per heavy atom. The standard InChI is InChI=1S/C23H25N5O2S.C13H13ClN2O2S/c1-4-30-23(29)13-5-6-16-19(9-13)31-22-20(16)21(25-12-26-22)27-17-7-14-10-24-11-15(14)8-18(17)28(2)3;1-2-18-13(17)7-3-4-8-9(5-7)19-12-10(8)11(14)15-6-16-12/h7-8,10,12-13H,4-6,9,11H2,1-3H3,(H,25,26,27);6-7H,2-5H2,1H3/t13-;7-/m00/s1. The van der Waals surface area contributed by atoms with Crippen LogP contribution in [0.3, 0.4) is 0 Å². The van der Waals surface area contributed by atoms with Crippen LogP contribution >= 0.6 is 34.3 Å². The number of nitrogens with zero attached hydrogens (tertiary/aromatic N) is 6. The van der Waals surface area contributed by atoms with E-state index in [1.54, 1.807) is 29.0 Å². The number of benzene rings is 1. The fraction of sp³-hybridized carbons (Fsp3) is 0.417. The van der Waals surface area contributed by atoms with Gasteiger partial charge in [-0.25, -0.2) is 19.9 Å². The molecule has 5 aromatic rings. The van der Waals surface area contributed by atoms with Gasteiger partial charge in [0.2, 0.25) is 0 Å². The molecule has 1 aromatic carbocycles. The van der Waals surface area contributed by atoms with E-state index in [1.165, 1.54) is 32.8 Å². The summed E-state index contributed by atoms with van der Waals surface area (Å²) in [4.78, 5) is 52.3. The molecular weight excluding hydrogens is 694 g/mol. The van der Waals surface area contributed by atoms with Crippen molar-refractivity contribution in [1.82, 2.24) is 19.9 Å². The molecule has 2 atom stereocenters. The van der Waals surface area contributed by atoms with E-state index in [2.05, 4.69) is 47.3 Å². The summed E-state index contributed by atoms with van der Waals surface area (Å²) in [6, 6.07) is 4.33. The van der Waals surface area contributed by atoms with Crippen LogP contribution in [0.2, 0.25) is 5.15 Å². The van der Waals surface area contributed by atoms with Crippen LogP contribution in [-0.4, -0.2) is 65.4 Å². The Kier molecular flexibility index (Phi) is 9.98. The highest BCUT2D eigenvalue weighted by atomic mass is 35.5. The maximum atomic E-state index is 12.3. The lowest BCUT2D eigenvalue weighted by molar-refractivity contribution is -0.149. The quantitative estimate of drug-likeness (QED) is 0.136. The third-order valence-corrected chi connectivity index (χ3v) is 12.0. The molecule has 260 valence electrons. The van der Waals surface area contributed by atoms with Crippen molar-refractivity contribution in [3.8, 4) is 0 Å². The lowest BCUT2D eigenvalue weighted by atomic mass is 9.88. The Hall–Kier alpha value is -4.20. The van der Waals surface area contributed by atoms with Crippen LogP contribution in [0, 0.1) is 11.8 Å². The van der Waals surface area contributed by atoms with E-state index in [1.807, 2.05) is 34.2 Å². The van der Waals surface area contributed by atoms with Crippen LogP contribution in [0.1, 0.15) is 58.7 Å². The maximum Gasteiger partial charge on any atom is 0.309 e. The number of aromatic nitrogens is 4. The molecule has 0 bridgehead atoms. The fourth-order valence-electron chi connectivity index (χ4n) is 6.94. The van der Waals surface area contributed by atoms with E-state index >= 15 is 0 Å². The third-order valence-electron chi connectivity index (χ3n) is 9.37. The molecule has 0 radical (unpaired) electrons. The summed E-state index contributed by atoms with van der Waals surface area (Å²) in [5.41, 5.74) is 6.95. The second kappa shape index (κ2) is 14.6. The van der Waals surface area contributed by atoms with Crippen molar-refractivity contribution in [2.45, 2.75) is 58.9 Å². The third kappa shape index (κ3) is 6.66. The van der Waals surface area contributed by atoms with Gasteiger partial charge in [0.15, 0.2) is 0 Å². The molecule has 0 amide bonds. The van der Waals surface area contributed by atoms with Gasteiger partial charge in [-0.15, -0.1) is 22.7 Å². The number of fused-ring (bicyclic) bond motifs is 7. The van der Waals surface area contributed by atoms with Gasteiger partial charge in [-0.1, -0.05) is 11.6 Å². The van der Waals surface area contributed by atoms with Gasteiger partial charge >= 0.3 is 11.9 Å². The zero-order valence-corrected chi connectivity index (χ0v) is 30.8. The average molecular weight is 732 g/mol. The number of carbonyl (C=O) groups excluding carboxylic acids is 2. The average Bonchev–Trinajstić information content (AvgIpc) is 3.83. The first kappa shape index (κ1) is 34.3. The van der Waals surface area contributed by atoms with E-state index < -0.39 is 0 Å². The lowest BCUT2D eigenvalue weighted by Crippen LogP contribution is -2.23. The van der Waals surface area contributed by atoms with Gasteiger partial charge in [0.05, 0.1) is 53.7 Å². The van der Waals surface area contributed by atoms with E-state index in [-0.39, 0.29) is 23.8 Å². The molecule has 0 spiro atoms. The molecule has 11 nitrogen and oxygen atoms in total. The number of ether oxygens (including phenoxy) is 2. The van der Waals surface area contributed by atoms with Gasteiger partial charge < -0.3 is 19.7 Å². The van der Waals surface area contributed by atoms with Gasteiger partial charge in [0.25, 0.3) is 0 Å². The molecule has 0 unspecified atom stereocenters. The summed E-state index contributed by atoms with van der Waals surface area (Å²) in [6.07, 6.45) is 9.74. The first-order valence-electron chi connectivity index (χ1n) is 16.9. The van der Waals surface area contributed by atoms with Gasteiger partial charge in [0.1, 0.15) is 33.3 Å². The maximum absolute atomic E-state index is 12.3. The lowest BCUT2D eigenvalue weighted by Gasteiger charge is -2.22. The number of carbonyl (C=O) groups is 2. The number of esters is 2. The highest BCUT2D eigenvalue weighted by Gasteiger charge is 2.31. The number of hydrogen-bond acceptors (Lipinski definition) is 13. The van der Waals surface area contributed by atoms with Crippen LogP contribution in [-0.2, 0) is 51.3 Å². The highest BCUT2D eigenvalue weighted by Crippen LogP contribution is 2.42. The summed E-state index contributed by atoms with van der Waals surface area (Å²) in [5, 5.41) is 6.13. The number of rotatable bonds is 7. The molecule has 0 fully saturated rings. The Morgan fingerprint density at radius 1 is 0.880 bits per heavy atom. The van der Waals surface area contributed by atoms with Crippen LogP contribution in [0.5, 0.6) is 0 Å². The first-order chi connectivity index (χ1) is 24.2. The van der Waals surface area contributed by atoms with Crippen molar-refractivity contribution in [3.05, 3.63) is 61.9 Å². The molecule has 5 heterocycles. The Labute approximate surface area is 303 Å². The molecule has 1 N–H and O–H groups in total. The van der Waals surface area contributed by atoms with Crippen molar-refractivity contribution < 1.29 is 19.1 Å². The van der Waals surface area contributed by atoms with Crippen molar-refractivity contribution in [3.63, 3.8) is 0 Å². The summed E-state index contributed by atoms with van der Waals surface area (Å²) in [7, 11) is 4.08. The van der Waals surface area contributed by atoms with Gasteiger partial charge in [-0.3, -0.25) is 14.6 Å². The second-order valence-electron chi connectivity index (χ2n) is 12.7. The van der Waals surface area contributed by atoms with Gasteiger partial charge in [-0.2, -0.15) is 0 Å². The molecule has 3 aliphatic rings. The van der Waals surface area contributed by atoms with Crippen LogP contribution in [0.4, 0.5) is 17.2 Å². The molecule has 1 aliphatic heterocycles. The molecule has 14 heteroatoms. The number of anilines is 3. The summed E-state index contributed by atoms with van der Waals surface area (Å²) in [5.74, 6) is 0.525. The van der Waals surface area contributed by atoms with Gasteiger partial charge in [-0.05, 0) is 86.8 Å². The van der Waals surface area contributed by atoms with E-state index in [0.717, 1.165) is 81.8 Å². The highest BCUT2D eigenvalue weighted by molar-refractivity contribution is 7.19. The number of aliphatic imine (C=N–C) groups is 1. The summed E-state index contributed by atoms with van der Waals surface area (Å²) in [6.45, 7) is 5.28. The predicted octanol–water partition coefficient (Wildman–Crippen LogP) is 7.11. The molecular formula is C36H38ClN7O4S2. The molecule has 50 heavy (non-hydrogen) atoms. The summed E-state index contributed by atoms with van der Waals surface area (Å²) >= 11 is 9.42. The molecule has 0 saturated carbocycles. The Bertz CT molecular complexity index is 2130. The summed E-state index contributed by atoms with van der Waals surface area (Å²) < 4.78 is 10.4. The SMILES string of the molecule is CCOC(=O)[C@H]1CCc2c(sc3ncnc(Cl)c23)C1.CCOC(=O)[C@H]1CCc2c(sc3ncnc(Nc4cc5c(cc4N(C)C)CN=C5)c23)C1. The van der Waals surface area contributed by atoms with Crippen molar-refractivity contribution in [1.29, 1.82) is 0 Å². The minimum Gasteiger partial charge on any atom is -0.466 e. The Balaban J connectivity index is 0.000000176. The van der Waals surface area contributed by atoms with Crippen molar-refractivity contribution in [2.75, 3.05) is 37.5 Å². The Morgan fingerprint density at radius 3 is 2.10 bits per heavy atom. The predicted molar refractivity (Wildman–Crippen MR) is 199 cm³/mol. The van der Waals surface area contributed by atoms with E-state index in [9.17, 15) is 9.59 Å². The van der Waals surface area contributed by atoms with Crippen molar-refractivity contribution in [2.24, 2.45) is 16.8 Å². The molecule has 8 rings (SSSR count).